The Balaban J connectivity index is 1.46. The van der Waals surface area contributed by atoms with E-state index in [1.165, 1.54) is 0 Å². The summed E-state index contributed by atoms with van der Waals surface area (Å²) < 4.78 is 10.2. The van der Waals surface area contributed by atoms with Gasteiger partial charge in [-0.2, -0.15) is 0 Å². The second-order valence-corrected chi connectivity index (χ2v) is 5.62. The minimum absolute atomic E-state index is 0.0107. The van der Waals surface area contributed by atoms with Crippen molar-refractivity contribution in [3.8, 4) is 5.88 Å². The highest BCUT2D eigenvalue weighted by Crippen LogP contribution is 2.19. The van der Waals surface area contributed by atoms with Gasteiger partial charge in [-0.1, -0.05) is 0 Å². The Bertz CT molecular complexity index is 590. The highest BCUT2D eigenvalue weighted by molar-refractivity contribution is 7.13. The molecule has 7 nitrogen and oxygen atoms in total. The molecule has 1 saturated heterocycles. The summed E-state index contributed by atoms with van der Waals surface area (Å²) in [7, 11) is 0. The molecule has 0 aliphatic carbocycles. The van der Waals surface area contributed by atoms with Gasteiger partial charge in [0.1, 0.15) is 5.76 Å². The molecular weight excluding hydrogens is 292 g/mol. The third-order valence-corrected chi connectivity index (χ3v) is 4.10. The SMILES string of the molecule is Cc1cc(OCC(=O)N2CCN(c3nccs3)CC2)no1. The molecule has 3 heterocycles. The maximum atomic E-state index is 12.1. The number of hydrogen-bond donors (Lipinski definition) is 0. The fourth-order valence-corrected chi connectivity index (χ4v) is 2.85. The Morgan fingerprint density at radius 2 is 2.24 bits per heavy atom. The van der Waals surface area contributed by atoms with Gasteiger partial charge in [-0.15, -0.1) is 11.3 Å². The van der Waals surface area contributed by atoms with E-state index >= 15 is 0 Å². The average Bonchev–Trinajstić information content (AvgIpc) is 3.16. The van der Waals surface area contributed by atoms with Crippen molar-refractivity contribution in [2.45, 2.75) is 6.92 Å². The van der Waals surface area contributed by atoms with Gasteiger partial charge in [-0.25, -0.2) is 4.98 Å². The van der Waals surface area contributed by atoms with Crippen molar-refractivity contribution in [1.29, 1.82) is 0 Å². The molecule has 0 radical (unpaired) electrons. The number of aryl methyl sites for hydroxylation is 1. The van der Waals surface area contributed by atoms with E-state index in [1.807, 2.05) is 5.38 Å². The molecule has 0 aromatic carbocycles. The van der Waals surface area contributed by atoms with Crippen LogP contribution in [0.15, 0.2) is 22.2 Å². The van der Waals surface area contributed by atoms with Crippen LogP contribution in [-0.2, 0) is 4.79 Å². The van der Waals surface area contributed by atoms with Crippen LogP contribution in [0.2, 0.25) is 0 Å². The van der Waals surface area contributed by atoms with Gasteiger partial charge < -0.3 is 19.1 Å². The van der Waals surface area contributed by atoms with Crippen molar-refractivity contribution in [2.24, 2.45) is 0 Å². The maximum absolute atomic E-state index is 12.1. The minimum atomic E-state index is -0.0329. The summed E-state index contributed by atoms with van der Waals surface area (Å²) in [6.07, 6.45) is 1.80. The molecule has 3 rings (SSSR count). The lowest BCUT2D eigenvalue weighted by atomic mass is 10.3. The van der Waals surface area contributed by atoms with Crippen LogP contribution in [-0.4, -0.2) is 53.7 Å². The fourth-order valence-electron chi connectivity index (χ4n) is 2.16. The molecule has 0 atom stereocenters. The number of carbonyl (C=O) groups excluding carboxylic acids is 1. The summed E-state index contributed by atoms with van der Waals surface area (Å²) in [6.45, 7) is 4.71. The molecule has 0 N–H and O–H groups in total. The lowest BCUT2D eigenvalue weighted by molar-refractivity contribution is -0.133. The number of anilines is 1. The first-order valence-corrected chi connectivity index (χ1v) is 7.58. The third kappa shape index (κ3) is 3.33. The van der Waals surface area contributed by atoms with Crippen LogP contribution < -0.4 is 9.64 Å². The first kappa shape index (κ1) is 13.9. The summed E-state index contributed by atoms with van der Waals surface area (Å²) in [5, 5.41) is 6.67. The van der Waals surface area contributed by atoms with Gasteiger partial charge in [-0.3, -0.25) is 4.79 Å². The largest absolute Gasteiger partial charge is 0.465 e. The number of thiazole rings is 1. The third-order valence-electron chi connectivity index (χ3n) is 3.27. The molecule has 8 heteroatoms. The van der Waals surface area contributed by atoms with Crippen molar-refractivity contribution < 1.29 is 14.1 Å². The molecule has 2 aromatic heterocycles. The summed E-state index contributed by atoms with van der Waals surface area (Å²) in [5.74, 6) is 0.978. The standard InChI is InChI=1S/C13H16N4O3S/c1-10-8-11(15-20-10)19-9-12(18)16-3-5-17(6-4-16)13-14-2-7-21-13/h2,7-8H,3-6,9H2,1H3. The van der Waals surface area contributed by atoms with E-state index in [2.05, 4.69) is 15.0 Å². The van der Waals surface area contributed by atoms with E-state index in [0.717, 1.165) is 18.2 Å². The van der Waals surface area contributed by atoms with Gasteiger partial charge in [0.25, 0.3) is 11.8 Å². The molecule has 0 unspecified atom stereocenters. The van der Waals surface area contributed by atoms with E-state index in [4.69, 9.17) is 9.26 Å². The Morgan fingerprint density at radius 1 is 1.43 bits per heavy atom. The summed E-state index contributed by atoms with van der Waals surface area (Å²) in [6, 6.07) is 1.66. The number of piperazine rings is 1. The van der Waals surface area contributed by atoms with Crippen molar-refractivity contribution in [3.63, 3.8) is 0 Å². The number of nitrogens with zero attached hydrogens (tertiary/aromatic N) is 4. The molecule has 0 bridgehead atoms. The molecule has 112 valence electrons. The average molecular weight is 308 g/mol. The molecule has 1 fully saturated rings. The Morgan fingerprint density at radius 3 is 2.86 bits per heavy atom. The van der Waals surface area contributed by atoms with Crippen LogP contribution in [0.4, 0.5) is 5.13 Å². The number of aromatic nitrogens is 2. The van der Waals surface area contributed by atoms with Gasteiger partial charge in [0.2, 0.25) is 0 Å². The van der Waals surface area contributed by atoms with Gasteiger partial charge in [-0.05, 0) is 12.1 Å². The minimum Gasteiger partial charge on any atom is -0.465 e. The quantitative estimate of drug-likeness (QED) is 0.844. The molecule has 0 spiro atoms. The number of carbonyl (C=O) groups is 1. The Hall–Kier alpha value is -2.09. The molecule has 0 saturated carbocycles. The van der Waals surface area contributed by atoms with Gasteiger partial charge >= 0.3 is 0 Å². The predicted molar refractivity (Wildman–Crippen MR) is 77.6 cm³/mol. The van der Waals surface area contributed by atoms with Crippen LogP contribution in [0.5, 0.6) is 5.88 Å². The smallest absolute Gasteiger partial charge is 0.260 e. The topological polar surface area (TPSA) is 71.7 Å². The van der Waals surface area contributed by atoms with Crippen molar-refractivity contribution in [2.75, 3.05) is 37.7 Å². The Labute approximate surface area is 126 Å². The lowest BCUT2D eigenvalue weighted by Crippen LogP contribution is -2.50. The summed E-state index contributed by atoms with van der Waals surface area (Å²) in [5.41, 5.74) is 0. The zero-order chi connectivity index (χ0) is 14.7. The molecule has 1 aliphatic heterocycles. The molecule has 1 amide bonds. The van der Waals surface area contributed by atoms with Crippen LogP contribution >= 0.6 is 11.3 Å². The van der Waals surface area contributed by atoms with E-state index in [-0.39, 0.29) is 12.5 Å². The first-order chi connectivity index (χ1) is 10.2. The molecule has 2 aromatic rings. The first-order valence-electron chi connectivity index (χ1n) is 6.71. The van der Waals surface area contributed by atoms with E-state index in [1.54, 1.807) is 35.4 Å². The summed E-state index contributed by atoms with van der Waals surface area (Å²) in [4.78, 5) is 20.4. The van der Waals surface area contributed by atoms with E-state index in [9.17, 15) is 4.79 Å². The highest BCUT2D eigenvalue weighted by Gasteiger charge is 2.22. The van der Waals surface area contributed by atoms with Crippen molar-refractivity contribution in [3.05, 3.63) is 23.4 Å². The maximum Gasteiger partial charge on any atom is 0.260 e. The van der Waals surface area contributed by atoms with Gasteiger partial charge in [0.15, 0.2) is 11.7 Å². The summed E-state index contributed by atoms with van der Waals surface area (Å²) >= 11 is 1.62. The normalized spacial score (nSPS) is 15.3. The highest BCUT2D eigenvalue weighted by atomic mass is 32.1. The molecular formula is C13H16N4O3S. The van der Waals surface area contributed by atoms with E-state index < -0.39 is 0 Å². The number of amides is 1. The fraction of sp³-hybridized carbons (Fsp3) is 0.462. The van der Waals surface area contributed by atoms with Crippen LogP contribution in [0.3, 0.4) is 0 Å². The number of ether oxygens (including phenoxy) is 1. The predicted octanol–water partition coefficient (Wildman–Crippen LogP) is 1.17. The van der Waals surface area contributed by atoms with Crippen molar-refractivity contribution >= 4 is 22.4 Å². The molecule has 21 heavy (non-hydrogen) atoms. The zero-order valence-corrected chi connectivity index (χ0v) is 12.5. The lowest BCUT2D eigenvalue weighted by Gasteiger charge is -2.34. The van der Waals surface area contributed by atoms with Gasteiger partial charge in [0, 0.05) is 43.8 Å². The van der Waals surface area contributed by atoms with Crippen molar-refractivity contribution in [1.82, 2.24) is 15.0 Å². The second-order valence-electron chi connectivity index (χ2n) is 4.75. The van der Waals surface area contributed by atoms with Crippen LogP contribution in [0, 0.1) is 6.92 Å². The zero-order valence-electron chi connectivity index (χ0n) is 11.7. The Kier molecular flexibility index (Phi) is 4.05. The van der Waals surface area contributed by atoms with Crippen LogP contribution in [0.25, 0.3) is 0 Å². The molecule has 1 aliphatic rings. The number of rotatable bonds is 4. The van der Waals surface area contributed by atoms with E-state index in [0.29, 0.717) is 24.7 Å². The van der Waals surface area contributed by atoms with Crippen LogP contribution in [0.1, 0.15) is 5.76 Å². The monoisotopic (exact) mass is 308 g/mol. The number of hydrogen-bond acceptors (Lipinski definition) is 7. The second kappa shape index (κ2) is 6.13. The van der Waals surface area contributed by atoms with Gasteiger partial charge in [0.05, 0.1) is 0 Å².